The second-order valence-electron chi connectivity index (χ2n) is 7.21. The first-order valence-electron chi connectivity index (χ1n) is 9.09. The Bertz CT molecular complexity index is 529. The summed E-state index contributed by atoms with van der Waals surface area (Å²) in [6.07, 6.45) is 3.51. The Hall–Kier alpha value is -1.59. The third-order valence-electron chi connectivity index (χ3n) is 5.56. The van der Waals surface area contributed by atoms with Crippen LogP contribution in [-0.4, -0.2) is 71.2 Å². The maximum absolute atomic E-state index is 11.8. The van der Waals surface area contributed by atoms with Crippen LogP contribution in [0.1, 0.15) is 31.2 Å². The van der Waals surface area contributed by atoms with Crippen LogP contribution in [-0.2, 0) is 6.54 Å². The van der Waals surface area contributed by atoms with Gasteiger partial charge >= 0.3 is 6.09 Å². The van der Waals surface area contributed by atoms with E-state index in [1.54, 1.807) is 4.90 Å². The van der Waals surface area contributed by atoms with Crippen LogP contribution >= 0.6 is 0 Å². The molecule has 2 fully saturated rings. The maximum atomic E-state index is 11.8. The smallest absolute Gasteiger partial charge is 0.407 e. The first-order valence-corrected chi connectivity index (χ1v) is 9.09. The van der Waals surface area contributed by atoms with Crippen LogP contribution in [0.3, 0.4) is 0 Å². The van der Waals surface area contributed by atoms with Gasteiger partial charge in [-0.2, -0.15) is 0 Å². The summed E-state index contributed by atoms with van der Waals surface area (Å²) < 4.78 is 0. The van der Waals surface area contributed by atoms with Gasteiger partial charge in [-0.05, 0) is 38.3 Å². The fourth-order valence-electron chi connectivity index (χ4n) is 4.07. The molecule has 0 radical (unpaired) electrons. The minimum Gasteiger partial charge on any atom is -0.465 e. The molecule has 1 saturated carbocycles. The number of amides is 1. The van der Waals surface area contributed by atoms with Gasteiger partial charge in [0, 0.05) is 44.8 Å². The highest BCUT2D eigenvalue weighted by Crippen LogP contribution is 2.28. The average molecular weight is 331 g/mol. The summed E-state index contributed by atoms with van der Waals surface area (Å²) in [4.78, 5) is 18.4. The number of benzene rings is 1. The van der Waals surface area contributed by atoms with E-state index in [9.17, 15) is 9.90 Å². The second kappa shape index (κ2) is 7.99. The highest BCUT2D eigenvalue weighted by atomic mass is 16.4. The van der Waals surface area contributed by atoms with Gasteiger partial charge < -0.3 is 14.9 Å². The van der Waals surface area contributed by atoms with Gasteiger partial charge in [-0.15, -0.1) is 0 Å². The SMILES string of the molecule is CN1CCN([C@@H]2CCC[C@H](N(Cc3ccccc3)C(=O)O)C2)CC1. The number of carbonyl (C=O) groups is 1. The van der Waals surface area contributed by atoms with Gasteiger partial charge in [0.2, 0.25) is 0 Å². The average Bonchev–Trinajstić information content (AvgIpc) is 2.61. The summed E-state index contributed by atoms with van der Waals surface area (Å²) in [6.45, 7) is 4.96. The van der Waals surface area contributed by atoms with E-state index in [2.05, 4.69) is 16.8 Å². The Morgan fingerprint density at radius 2 is 1.88 bits per heavy atom. The minimum absolute atomic E-state index is 0.140. The number of likely N-dealkylation sites (N-methyl/N-ethyl adjacent to an activating group) is 1. The van der Waals surface area contributed by atoms with Gasteiger partial charge in [0.1, 0.15) is 0 Å². The normalized spacial score (nSPS) is 26.2. The Balaban J connectivity index is 1.63. The zero-order valence-electron chi connectivity index (χ0n) is 14.6. The standard InChI is InChI=1S/C19H29N3O2/c1-20-10-12-21(13-11-20)17-8-5-9-18(14-17)22(19(23)24)15-16-6-3-2-4-7-16/h2-4,6-7,17-18H,5,8-15H2,1H3,(H,23,24)/t17-,18+/m1/s1. The molecule has 0 bridgehead atoms. The topological polar surface area (TPSA) is 47.0 Å². The van der Waals surface area contributed by atoms with Crippen molar-refractivity contribution in [1.29, 1.82) is 0 Å². The quantitative estimate of drug-likeness (QED) is 0.921. The largest absolute Gasteiger partial charge is 0.465 e. The third kappa shape index (κ3) is 4.28. The Labute approximate surface area is 144 Å². The first kappa shape index (κ1) is 17.2. The van der Waals surface area contributed by atoms with Crippen molar-refractivity contribution < 1.29 is 9.90 Å². The molecule has 132 valence electrons. The van der Waals surface area contributed by atoms with Gasteiger partial charge in [-0.3, -0.25) is 4.90 Å². The van der Waals surface area contributed by atoms with E-state index in [1.165, 1.54) is 6.42 Å². The molecule has 1 aromatic rings. The van der Waals surface area contributed by atoms with Gasteiger partial charge in [0.05, 0.1) is 0 Å². The van der Waals surface area contributed by atoms with Gasteiger partial charge in [0.15, 0.2) is 0 Å². The predicted molar refractivity (Wildman–Crippen MR) is 95.1 cm³/mol. The zero-order chi connectivity index (χ0) is 16.9. The van der Waals surface area contributed by atoms with Crippen molar-refractivity contribution in [3.05, 3.63) is 35.9 Å². The number of hydrogen-bond donors (Lipinski definition) is 1. The predicted octanol–water partition coefficient (Wildman–Crippen LogP) is 2.73. The van der Waals surface area contributed by atoms with Crippen molar-refractivity contribution in [3.8, 4) is 0 Å². The molecule has 0 unspecified atom stereocenters. The van der Waals surface area contributed by atoms with Gasteiger partial charge in [0.25, 0.3) is 0 Å². The van der Waals surface area contributed by atoms with E-state index in [4.69, 9.17) is 0 Å². The van der Waals surface area contributed by atoms with Crippen LogP contribution < -0.4 is 0 Å². The van der Waals surface area contributed by atoms with Crippen LogP contribution in [0.25, 0.3) is 0 Å². The van der Waals surface area contributed by atoms with Crippen molar-refractivity contribution >= 4 is 6.09 Å². The third-order valence-corrected chi connectivity index (χ3v) is 5.56. The molecule has 1 amide bonds. The molecule has 5 heteroatoms. The fourth-order valence-corrected chi connectivity index (χ4v) is 4.07. The lowest BCUT2D eigenvalue weighted by molar-refractivity contribution is 0.0517. The summed E-state index contributed by atoms with van der Waals surface area (Å²) in [5, 5.41) is 9.72. The summed E-state index contributed by atoms with van der Waals surface area (Å²) in [5.41, 5.74) is 1.07. The molecule has 1 aliphatic heterocycles. The maximum Gasteiger partial charge on any atom is 0.407 e. The molecule has 1 aromatic carbocycles. The van der Waals surface area contributed by atoms with E-state index < -0.39 is 6.09 Å². The van der Waals surface area contributed by atoms with Crippen molar-refractivity contribution in [2.75, 3.05) is 33.2 Å². The molecular formula is C19H29N3O2. The van der Waals surface area contributed by atoms with E-state index in [0.29, 0.717) is 12.6 Å². The molecule has 1 saturated heterocycles. The highest BCUT2D eigenvalue weighted by Gasteiger charge is 2.33. The summed E-state index contributed by atoms with van der Waals surface area (Å²) in [5.74, 6) is 0. The number of carboxylic acid groups (broad SMARTS) is 1. The minimum atomic E-state index is -0.789. The number of nitrogens with zero attached hydrogens (tertiary/aromatic N) is 3. The van der Waals surface area contributed by atoms with E-state index in [1.807, 2.05) is 30.3 Å². The van der Waals surface area contributed by atoms with E-state index in [0.717, 1.165) is 51.0 Å². The van der Waals surface area contributed by atoms with Crippen LogP contribution in [0.5, 0.6) is 0 Å². The lowest BCUT2D eigenvalue weighted by Crippen LogP contribution is -2.53. The molecule has 0 aromatic heterocycles. The molecule has 0 spiro atoms. The number of piperazine rings is 1. The number of rotatable bonds is 4. The molecule has 1 aliphatic carbocycles. The fraction of sp³-hybridized carbons (Fsp3) is 0.632. The van der Waals surface area contributed by atoms with Crippen molar-refractivity contribution in [2.24, 2.45) is 0 Å². The Morgan fingerprint density at radius 1 is 1.17 bits per heavy atom. The Morgan fingerprint density at radius 3 is 2.54 bits per heavy atom. The van der Waals surface area contributed by atoms with Crippen molar-refractivity contribution in [2.45, 2.75) is 44.3 Å². The summed E-state index contributed by atoms with van der Waals surface area (Å²) in [6, 6.07) is 10.6. The van der Waals surface area contributed by atoms with Crippen LogP contribution in [0.4, 0.5) is 4.79 Å². The van der Waals surface area contributed by atoms with Crippen LogP contribution in [0, 0.1) is 0 Å². The van der Waals surface area contributed by atoms with Gasteiger partial charge in [-0.1, -0.05) is 30.3 Å². The molecule has 2 atom stereocenters. The van der Waals surface area contributed by atoms with Crippen LogP contribution in [0.2, 0.25) is 0 Å². The molecule has 24 heavy (non-hydrogen) atoms. The molecule has 5 nitrogen and oxygen atoms in total. The Kier molecular flexibility index (Phi) is 5.74. The second-order valence-corrected chi connectivity index (χ2v) is 7.21. The summed E-state index contributed by atoms with van der Waals surface area (Å²) >= 11 is 0. The monoisotopic (exact) mass is 331 g/mol. The molecule has 2 aliphatic rings. The van der Waals surface area contributed by atoms with E-state index >= 15 is 0 Å². The highest BCUT2D eigenvalue weighted by molar-refractivity contribution is 5.65. The van der Waals surface area contributed by atoms with Crippen molar-refractivity contribution in [3.63, 3.8) is 0 Å². The first-order chi connectivity index (χ1) is 11.6. The lowest BCUT2D eigenvalue weighted by Gasteiger charge is -2.43. The van der Waals surface area contributed by atoms with Crippen molar-refractivity contribution in [1.82, 2.24) is 14.7 Å². The van der Waals surface area contributed by atoms with Crippen LogP contribution in [0.15, 0.2) is 30.3 Å². The van der Waals surface area contributed by atoms with Gasteiger partial charge in [-0.25, -0.2) is 4.79 Å². The summed E-state index contributed by atoms with van der Waals surface area (Å²) in [7, 11) is 2.17. The molecule has 1 heterocycles. The molecule has 1 N–H and O–H groups in total. The van der Waals surface area contributed by atoms with E-state index in [-0.39, 0.29) is 6.04 Å². The molecule has 3 rings (SSSR count). The zero-order valence-corrected chi connectivity index (χ0v) is 14.6. The molecular weight excluding hydrogens is 302 g/mol. The lowest BCUT2D eigenvalue weighted by atomic mass is 9.88. The number of hydrogen-bond acceptors (Lipinski definition) is 3.